The van der Waals surface area contributed by atoms with E-state index in [0.29, 0.717) is 17.0 Å². The molecule has 0 aliphatic rings. The summed E-state index contributed by atoms with van der Waals surface area (Å²) in [6, 6.07) is 12.3. The number of ether oxygens (including phenoxy) is 2. The van der Waals surface area contributed by atoms with E-state index in [1.165, 1.54) is 0 Å². The maximum atomic E-state index is 12.4. The zero-order valence-electron chi connectivity index (χ0n) is 14.1. The summed E-state index contributed by atoms with van der Waals surface area (Å²) in [7, 11) is 3.17. The van der Waals surface area contributed by atoms with Crippen LogP contribution in [0, 0.1) is 6.92 Å². The molecule has 0 atom stereocenters. The van der Waals surface area contributed by atoms with E-state index in [2.05, 4.69) is 15.6 Å². The average Bonchev–Trinajstić information content (AvgIpc) is 3.09. The molecule has 0 spiro atoms. The molecule has 1 aromatic heterocycles. The van der Waals surface area contributed by atoms with Crippen LogP contribution in [0.3, 0.4) is 0 Å². The summed E-state index contributed by atoms with van der Waals surface area (Å²) in [5, 5.41) is 10.4. The van der Waals surface area contributed by atoms with Crippen molar-refractivity contribution in [3.8, 4) is 22.8 Å². The van der Waals surface area contributed by atoms with Gasteiger partial charge < -0.3 is 14.8 Å². The number of carbonyl (C=O) groups is 1. The molecule has 0 bridgehead atoms. The summed E-state index contributed by atoms with van der Waals surface area (Å²) in [4.78, 5) is 12.4. The number of benzene rings is 2. The second kappa shape index (κ2) is 7.04. The van der Waals surface area contributed by atoms with Crippen LogP contribution in [-0.4, -0.2) is 30.4 Å². The fraction of sp³-hybridized carbons (Fsp3) is 0.167. The predicted octanol–water partition coefficient (Wildman–Crippen LogP) is 3.31. The Labute approximate surface area is 144 Å². The summed E-state index contributed by atoms with van der Waals surface area (Å²) in [5.41, 5.74) is 2.66. The quantitative estimate of drug-likeness (QED) is 0.767. The zero-order valence-corrected chi connectivity index (χ0v) is 14.1. The average molecular weight is 339 g/mol. The van der Waals surface area contributed by atoms with Gasteiger partial charge >= 0.3 is 0 Å². The summed E-state index contributed by atoms with van der Waals surface area (Å²) in [5.74, 6) is 1.36. The fourth-order valence-corrected chi connectivity index (χ4v) is 2.40. The Balaban J connectivity index is 1.85. The topological polar surface area (TPSA) is 86.5 Å². The van der Waals surface area contributed by atoms with Gasteiger partial charge in [-0.3, -0.25) is 4.79 Å². The molecule has 128 valence electrons. The van der Waals surface area contributed by atoms with E-state index >= 15 is 0 Å². The van der Waals surface area contributed by atoms with Crippen molar-refractivity contribution >= 4 is 11.7 Å². The smallest absolute Gasteiger partial charge is 0.256 e. The summed E-state index contributed by atoms with van der Waals surface area (Å²) < 4.78 is 15.1. The maximum absolute atomic E-state index is 12.4. The van der Waals surface area contributed by atoms with E-state index < -0.39 is 0 Å². The monoisotopic (exact) mass is 339 g/mol. The van der Waals surface area contributed by atoms with Gasteiger partial charge in [0.15, 0.2) is 5.69 Å². The molecule has 0 radical (unpaired) electrons. The number of hydrogen-bond donors (Lipinski definition) is 1. The number of carbonyl (C=O) groups excluding carboxylic acids is 1. The second-order valence-electron chi connectivity index (χ2n) is 5.32. The van der Waals surface area contributed by atoms with E-state index in [1.54, 1.807) is 38.5 Å². The highest BCUT2D eigenvalue weighted by Gasteiger charge is 2.18. The summed E-state index contributed by atoms with van der Waals surface area (Å²) in [6.45, 7) is 1.92. The van der Waals surface area contributed by atoms with Crippen LogP contribution in [0.15, 0.2) is 47.1 Å². The van der Waals surface area contributed by atoms with Crippen molar-refractivity contribution in [2.45, 2.75) is 6.92 Å². The molecule has 0 aliphatic heterocycles. The number of rotatable bonds is 5. The van der Waals surface area contributed by atoms with E-state index in [0.717, 1.165) is 16.9 Å². The highest BCUT2D eigenvalue weighted by molar-refractivity contribution is 6.05. The van der Waals surface area contributed by atoms with Gasteiger partial charge in [-0.05, 0) is 65.3 Å². The van der Waals surface area contributed by atoms with Crippen LogP contribution >= 0.6 is 0 Å². The van der Waals surface area contributed by atoms with Crippen LogP contribution in [-0.2, 0) is 0 Å². The maximum Gasteiger partial charge on any atom is 0.256 e. The van der Waals surface area contributed by atoms with Crippen LogP contribution < -0.4 is 14.8 Å². The number of anilines is 1. The Morgan fingerprint density at radius 2 is 1.68 bits per heavy atom. The van der Waals surface area contributed by atoms with Crippen molar-refractivity contribution in [3.63, 3.8) is 0 Å². The number of amides is 1. The van der Waals surface area contributed by atoms with Gasteiger partial charge in [0.05, 0.1) is 14.2 Å². The van der Waals surface area contributed by atoms with Crippen LogP contribution in [0.1, 0.15) is 15.9 Å². The highest BCUT2D eigenvalue weighted by Crippen LogP contribution is 2.30. The van der Waals surface area contributed by atoms with Gasteiger partial charge in [0.25, 0.3) is 5.91 Å². The molecule has 1 amide bonds. The number of hydrogen-bond acceptors (Lipinski definition) is 6. The van der Waals surface area contributed by atoms with Gasteiger partial charge in [0.2, 0.25) is 5.82 Å². The molecular formula is C18H17N3O4. The van der Waals surface area contributed by atoms with Crippen molar-refractivity contribution in [2.24, 2.45) is 0 Å². The summed E-state index contributed by atoms with van der Waals surface area (Å²) >= 11 is 0. The molecule has 0 saturated carbocycles. The van der Waals surface area contributed by atoms with Crippen LogP contribution in [0.4, 0.5) is 5.82 Å². The third-order valence-electron chi connectivity index (χ3n) is 3.76. The van der Waals surface area contributed by atoms with E-state index in [-0.39, 0.29) is 11.7 Å². The van der Waals surface area contributed by atoms with Crippen molar-refractivity contribution in [1.82, 2.24) is 10.3 Å². The number of nitrogens with zero attached hydrogens (tertiary/aromatic N) is 2. The van der Waals surface area contributed by atoms with Crippen molar-refractivity contribution in [2.75, 3.05) is 19.5 Å². The molecular weight excluding hydrogens is 322 g/mol. The minimum absolute atomic E-state index is 0.258. The SMILES string of the molecule is COc1ccc(C(=O)Nc2nonc2-c2ccc(OC)cc2C)cc1. The molecule has 3 rings (SSSR count). The largest absolute Gasteiger partial charge is 0.497 e. The standard InChI is InChI=1S/C18H17N3O4/c1-11-10-14(24-3)8-9-15(11)16-17(21-25-20-16)19-18(22)12-4-6-13(23-2)7-5-12/h4-10H,1-3H3,(H,19,21,22). The van der Waals surface area contributed by atoms with E-state index in [9.17, 15) is 4.79 Å². The second-order valence-corrected chi connectivity index (χ2v) is 5.32. The van der Waals surface area contributed by atoms with E-state index in [1.807, 2.05) is 25.1 Å². The molecule has 2 aromatic carbocycles. The first-order valence-corrected chi connectivity index (χ1v) is 7.55. The molecule has 7 heteroatoms. The first-order valence-electron chi connectivity index (χ1n) is 7.55. The molecule has 7 nitrogen and oxygen atoms in total. The van der Waals surface area contributed by atoms with Crippen molar-refractivity contribution < 1.29 is 18.9 Å². The Morgan fingerprint density at radius 3 is 2.32 bits per heavy atom. The highest BCUT2D eigenvalue weighted by atomic mass is 16.6. The molecule has 25 heavy (non-hydrogen) atoms. The van der Waals surface area contributed by atoms with Crippen LogP contribution in [0.25, 0.3) is 11.3 Å². The molecule has 0 saturated heterocycles. The van der Waals surface area contributed by atoms with Gasteiger partial charge in [-0.25, -0.2) is 4.63 Å². The Kier molecular flexibility index (Phi) is 4.65. The molecule has 3 aromatic rings. The van der Waals surface area contributed by atoms with Gasteiger partial charge in [0.1, 0.15) is 11.5 Å². The zero-order chi connectivity index (χ0) is 17.8. The summed E-state index contributed by atoms with van der Waals surface area (Å²) in [6.07, 6.45) is 0. The lowest BCUT2D eigenvalue weighted by Gasteiger charge is -2.07. The van der Waals surface area contributed by atoms with Gasteiger partial charge in [0, 0.05) is 11.1 Å². The van der Waals surface area contributed by atoms with Crippen molar-refractivity contribution in [1.29, 1.82) is 0 Å². The minimum Gasteiger partial charge on any atom is -0.497 e. The lowest BCUT2D eigenvalue weighted by Crippen LogP contribution is -2.12. The first kappa shape index (κ1) is 16.5. The lowest BCUT2D eigenvalue weighted by molar-refractivity contribution is 0.102. The first-order chi connectivity index (χ1) is 12.1. The Bertz CT molecular complexity index is 888. The molecule has 1 N–H and O–H groups in total. The predicted molar refractivity (Wildman–Crippen MR) is 92.0 cm³/mol. The number of aromatic nitrogens is 2. The van der Waals surface area contributed by atoms with Gasteiger partial charge in [-0.2, -0.15) is 0 Å². The van der Waals surface area contributed by atoms with Gasteiger partial charge in [-0.15, -0.1) is 0 Å². The molecule has 1 heterocycles. The Hall–Kier alpha value is -3.35. The Morgan fingerprint density at radius 1 is 1.00 bits per heavy atom. The van der Waals surface area contributed by atoms with E-state index in [4.69, 9.17) is 14.1 Å². The number of nitrogens with one attached hydrogen (secondary N) is 1. The van der Waals surface area contributed by atoms with Crippen LogP contribution in [0.2, 0.25) is 0 Å². The molecule has 0 unspecified atom stereocenters. The minimum atomic E-state index is -0.314. The fourth-order valence-electron chi connectivity index (χ4n) is 2.40. The molecule has 0 aliphatic carbocycles. The third-order valence-corrected chi connectivity index (χ3v) is 3.76. The van der Waals surface area contributed by atoms with Crippen LogP contribution in [0.5, 0.6) is 11.5 Å². The number of methoxy groups -OCH3 is 2. The molecule has 0 fully saturated rings. The normalized spacial score (nSPS) is 10.4. The lowest BCUT2D eigenvalue weighted by atomic mass is 10.1. The van der Waals surface area contributed by atoms with Crippen molar-refractivity contribution in [3.05, 3.63) is 53.6 Å². The number of aryl methyl sites for hydroxylation is 1. The van der Waals surface area contributed by atoms with Gasteiger partial charge in [-0.1, -0.05) is 0 Å². The third kappa shape index (κ3) is 3.45.